The van der Waals surface area contributed by atoms with Gasteiger partial charge in [0.05, 0.1) is 0 Å². The van der Waals surface area contributed by atoms with Crippen LogP contribution in [0.3, 0.4) is 0 Å². The molecule has 0 unspecified atom stereocenters. The predicted molar refractivity (Wildman–Crippen MR) is 77.0 cm³/mol. The van der Waals surface area contributed by atoms with E-state index in [1.54, 1.807) is 13.8 Å². The molecular formula is C15H26N2O3. The van der Waals surface area contributed by atoms with Gasteiger partial charge < -0.3 is 0 Å². The molecule has 5 nitrogen and oxygen atoms in total. The SMILES string of the molecule is CCCCCC1(CC)C(=O)N(CC)C(=O)N(CC)C1=O. The zero-order valence-corrected chi connectivity index (χ0v) is 13.1. The molecule has 0 aromatic heterocycles. The molecule has 0 spiro atoms. The molecule has 0 aromatic rings. The molecule has 4 amide bonds. The molecule has 1 rings (SSSR count). The number of hydrogen-bond acceptors (Lipinski definition) is 3. The molecule has 5 heteroatoms. The maximum absolute atomic E-state index is 12.6. The summed E-state index contributed by atoms with van der Waals surface area (Å²) < 4.78 is 0. The van der Waals surface area contributed by atoms with Gasteiger partial charge in [0, 0.05) is 13.1 Å². The molecule has 1 heterocycles. The number of urea groups is 1. The minimum absolute atomic E-state index is 0.307. The number of rotatable bonds is 7. The Hall–Kier alpha value is -1.39. The highest BCUT2D eigenvalue weighted by Crippen LogP contribution is 2.37. The molecule has 1 aliphatic heterocycles. The zero-order chi connectivity index (χ0) is 15.3. The van der Waals surface area contributed by atoms with Gasteiger partial charge in [0.25, 0.3) is 0 Å². The van der Waals surface area contributed by atoms with Crippen molar-refractivity contribution in [3.8, 4) is 0 Å². The van der Waals surface area contributed by atoms with Crippen LogP contribution in [0.5, 0.6) is 0 Å². The van der Waals surface area contributed by atoms with Crippen molar-refractivity contribution >= 4 is 17.8 Å². The van der Waals surface area contributed by atoms with Crippen molar-refractivity contribution in [2.75, 3.05) is 13.1 Å². The standard InChI is InChI=1S/C15H26N2O3/c1-5-9-10-11-15(6-2)12(18)16(7-3)14(20)17(8-4)13(15)19/h5-11H2,1-4H3. The van der Waals surface area contributed by atoms with E-state index in [0.717, 1.165) is 19.3 Å². The fraction of sp³-hybridized carbons (Fsp3) is 0.800. The van der Waals surface area contributed by atoms with Gasteiger partial charge in [-0.25, -0.2) is 4.79 Å². The van der Waals surface area contributed by atoms with E-state index >= 15 is 0 Å². The largest absolute Gasteiger partial charge is 0.333 e. The minimum Gasteiger partial charge on any atom is -0.273 e. The van der Waals surface area contributed by atoms with E-state index in [1.807, 2.05) is 6.92 Å². The molecule has 0 N–H and O–H groups in total. The molecule has 114 valence electrons. The lowest BCUT2D eigenvalue weighted by molar-refractivity contribution is -0.159. The Kier molecular flexibility index (Phi) is 5.72. The van der Waals surface area contributed by atoms with Gasteiger partial charge in [-0.15, -0.1) is 0 Å². The molecule has 0 saturated carbocycles. The van der Waals surface area contributed by atoms with Crippen molar-refractivity contribution in [2.24, 2.45) is 5.41 Å². The third-order valence-electron chi connectivity index (χ3n) is 4.21. The number of hydrogen-bond donors (Lipinski definition) is 0. The van der Waals surface area contributed by atoms with Crippen LogP contribution in [-0.4, -0.2) is 40.7 Å². The Balaban J connectivity index is 3.14. The molecular weight excluding hydrogens is 256 g/mol. The monoisotopic (exact) mass is 282 g/mol. The van der Waals surface area contributed by atoms with Gasteiger partial charge in [0.15, 0.2) is 0 Å². The van der Waals surface area contributed by atoms with Crippen molar-refractivity contribution < 1.29 is 14.4 Å². The first-order chi connectivity index (χ1) is 9.49. The average Bonchev–Trinajstić information content (AvgIpc) is 2.44. The van der Waals surface area contributed by atoms with Gasteiger partial charge >= 0.3 is 6.03 Å². The fourth-order valence-corrected chi connectivity index (χ4v) is 2.86. The highest BCUT2D eigenvalue weighted by molar-refractivity contribution is 6.19. The van der Waals surface area contributed by atoms with Gasteiger partial charge in [-0.3, -0.25) is 19.4 Å². The Morgan fingerprint density at radius 2 is 1.35 bits per heavy atom. The highest BCUT2D eigenvalue weighted by atomic mass is 16.2. The number of carbonyl (C=O) groups is 3. The summed E-state index contributed by atoms with van der Waals surface area (Å²) in [6.07, 6.45) is 3.86. The summed E-state index contributed by atoms with van der Waals surface area (Å²) in [6, 6.07) is -0.468. The molecule has 0 bridgehead atoms. The van der Waals surface area contributed by atoms with E-state index in [0.29, 0.717) is 25.9 Å². The molecule has 0 radical (unpaired) electrons. The van der Waals surface area contributed by atoms with Crippen molar-refractivity contribution in [2.45, 2.75) is 59.8 Å². The van der Waals surface area contributed by atoms with Crippen LogP contribution in [-0.2, 0) is 9.59 Å². The van der Waals surface area contributed by atoms with Crippen LogP contribution in [0.4, 0.5) is 4.79 Å². The van der Waals surface area contributed by atoms with Gasteiger partial charge in [-0.05, 0) is 26.7 Å². The Morgan fingerprint density at radius 1 is 0.850 bits per heavy atom. The second-order valence-corrected chi connectivity index (χ2v) is 5.27. The van der Waals surface area contributed by atoms with Gasteiger partial charge in [-0.2, -0.15) is 0 Å². The molecule has 0 atom stereocenters. The minimum atomic E-state index is -1.03. The Bertz CT molecular complexity index is 367. The van der Waals surface area contributed by atoms with E-state index in [2.05, 4.69) is 6.92 Å². The molecule has 1 saturated heterocycles. The number of amides is 4. The van der Waals surface area contributed by atoms with Crippen molar-refractivity contribution in [3.05, 3.63) is 0 Å². The number of carbonyl (C=O) groups excluding carboxylic acids is 3. The first-order valence-corrected chi connectivity index (χ1v) is 7.67. The zero-order valence-electron chi connectivity index (χ0n) is 13.1. The van der Waals surface area contributed by atoms with Crippen LogP contribution >= 0.6 is 0 Å². The second-order valence-electron chi connectivity index (χ2n) is 5.27. The topological polar surface area (TPSA) is 57.7 Å². The van der Waals surface area contributed by atoms with Gasteiger partial charge in [0.2, 0.25) is 11.8 Å². The van der Waals surface area contributed by atoms with Crippen LogP contribution in [0.2, 0.25) is 0 Å². The predicted octanol–water partition coefficient (Wildman–Crippen LogP) is 2.79. The lowest BCUT2D eigenvalue weighted by Crippen LogP contribution is -2.64. The summed E-state index contributed by atoms with van der Waals surface area (Å²) in [6.45, 7) is 8.12. The average molecular weight is 282 g/mol. The number of imide groups is 2. The molecule has 0 aromatic carbocycles. The molecule has 20 heavy (non-hydrogen) atoms. The van der Waals surface area contributed by atoms with Crippen LogP contribution in [0, 0.1) is 5.41 Å². The van der Waals surface area contributed by atoms with Crippen molar-refractivity contribution in [3.63, 3.8) is 0 Å². The highest BCUT2D eigenvalue weighted by Gasteiger charge is 2.54. The third-order valence-corrected chi connectivity index (χ3v) is 4.21. The summed E-state index contributed by atoms with van der Waals surface area (Å²) in [4.78, 5) is 39.9. The summed E-state index contributed by atoms with van der Waals surface area (Å²) in [5.41, 5.74) is -1.03. The second kappa shape index (κ2) is 6.86. The normalized spacial score (nSPS) is 18.9. The van der Waals surface area contributed by atoms with Crippen LogP contribution < -0.4 is 0 Å². The van der Waals surface area contributed by atoms with Gasteiger partial charge in [-0.1, -0.05) is 33.1 Å². The fourth-order valence-electron chi connectivity index (χ4n) is 2.86. The lowest BCUT2D eigenvalue weighted by Gasteiger charge is -2.43. The smallest absolute Gasteiger partial charge is 0.273 e. The first kappa shape index (κ1) is 16.7. The van der Waals surface area contributed by atoms with E-state index in [-0.39, 0.29) is 11.8 Å². The number of nitrogens with zero attached hydrogens (tertiary/aromatic N) is 2. The maximum Gasteiger partial charge on any atom is 0.333 e. The van der Waals surface area contributed by atoms with Crippen LogP contribution in [0.1, 0.15) is 59.8 Å². The number of unbranched alkanes of at least 4 members (excludes halogenated alkanes) is 2. The lowest BCUT2D eigenvalue weighted by atomic mass is 9.76. The molecule has 0 aliphatic carbocycles. The van der Waals surface area contributed by atoms with E-state index in [4.69, 9.17) is 0 Å². The first-order valence-electron chi connectivity index (χ1n) is 7.67. The van der Waals surface area contributed by atoms with Crippen LogP contribution in [0.15, 0.2) is 0 Å². The third kappa shape index (κ3) is 2.58. The van der Waals surface area contributed by atoms with Crippen molar-refractivity contribution in [1.82, 2.24) is 9.80 Å². The quantitative estimate of drug-likeness (QED) is 0.533. The Morgan fingerprint density at radius 3 is 1.70 bits per heavy atom. The van der Waals surface area contributed by atoms with Gasteiger partial charge in [0.1, 0.15) is 5.41 Å². The molecule has 1 fully saturated rings. The summed E-state index contributed by atoms with van der Waals surface area (Å²) in [5, 5.41) is 0. The van der Waals surface area contributed by atoms with Crippen molar-refractivity contribution in [1.29, 1.82) is 0 Å². The summed E-state index contributed by atoms with van der Waals surface area (Å²) in [5.74, 6) is -0.614. The molecule has 1 aliphatic rings. The number of barbiturate groups is 1. The Labute approximate surface area is 121 Å². The van der Waals surface area contributed by atoms with E-state index < -0.39 is 11.4 Å². The van der Waals surface area contributed by atoms with E-state index in [1.165, 1.54) is 9.80 Å². The van der Waals surface area contributed by atoms with Crippen LogP contribution in [0.25, 0.3) is 0 Å². The van der Waals surface area contributed by atoms with E-state index in [9.17, 15) is 14.4 Å². The summed E-state index contributed by atoms with van der Waals surface area (Å²) >= 11 is 0. The summed E-state index contributed by atoms with van der Waals surface area (Å²) in [7, 11) is 0. The maximum atomic E-state index is 12.6.